The molecule has 0 saturated carbocycles. The van der Waals surface area contributed by atoms with Gasteiger partial charge in [-0.3, -0.25) is 14.1 Å². The van der Waals surface area contributed by atoms with Crippen LogP contribution >= 0.6 is 12.0 Å². The minimum Gasteiger partial charge on any atom is -0.395 e. The molecule has 0 aliphatic rings. The highest BCUT2D eigenvalue weighted by Gasteiger charge is 2.19. The molecule has 0 aliphatic carbocycles. The number of hydrogen-bond donors (Lipinski definition) is 6. The fraction of sp³-hybridized carbons (Fsp3) is 0.438. The first-order valence-electron chi connectivity index (χ1n) is 9.60. The Bertz CT molecular complexity index is 1180. The van der Waals surface area contributed by atoms with Crippen LogP contribution in [0.5, 0.6) is 0 Å². The summed E-state index contributed by atoms with van der Waals surface area (Å²) in [6.45, 7) is 0.436. The Hall–Kier alpha value is -2.20. The van der Waals surface area contributed by atoms with Crippen LogP contribution in [0.25, 0.3) is 0 Å². The molecule has 0 unspecified atom stereocenters. The summed E-state index contributed by atoms with van der Waals surface area (Å²) in [4.78, 5) is 12.1. The van der Waals surface area contributed by atoms with Gasteiger partial charge in [0.1, 0.15) is 5.75 Å². The van der Waals surface area contributed by atoms with Crippen LogP contribution in [0.2, 0.25) is 0 Å². The quantitative estimate of drug-likeness (QED) is 0.0380. The van der Waals surface area contributed by atoms with Crippen molar-refractivity contribution >= 4 is 49.9 Å². The van der Waals surface area contributed by atoms with Crippen LogP contribution in [0.15, 0.2) is 28.3 Å². The van der Waals surface area contributed by atoms with Gasteiger partial charge in [-0.25, -0.2) is 4.28 Å². The second kappa shape index (κ2) is 13.8. The lowest BCUT2D eigenvalue weighted by atomic mass is 10.2. The SMILES string of the molecule is COCNCNOSc1nc(NCCO)nc(Nc2cc(S(=O)(=O)OC)ccc2CS(=O)(=O)O)n1. The highest BCUT2D eigenvalue weighted by atomic mass is 32.2. The molecule has 2 aromatic rings. The van der Waals surface area contributed by atoms with E-state index in [-0.39, 0.29) is 53.0 Å². The normalized spacial score (nSPS) is 12.0. The summed E-state index contributed by atoms with van der Waals surface area (Å²) in [5.74, 6) is -0.892. The van der Waals surface area contributed by atoms with Gasteiger partial charge in [-0.15, -0.1) is 0 Å². The maximum atomic E-state index is 12.1. The maximum Gasteiger partial charge on any atom is 0.296 e. The number of nitrogens with one attached hydrogen (secondary N) is 4. The zero-order valence-corrected chi connectivity index (χ0v) is 21.0. The molecular weight excluding hydrogens is 530 g/mol. The van der Waals surface area contributed by atoms with E-state index in [0.29, 0.717) is 6.73 Å². The Morgan fingerprint density at radius 3 is 2.49 bits per heavy atom. The highest BCUT2D eigenvalue weighted by Crippen LogP contribution is 2.27. The third-order valence-corrected chi connectivity index (χ3v) is 6.28. The van der Waals surface area contributed by atoms with Gasteiger partial charge in [-0.1, -0.05) is 6.07 Å². The summed E-state index contributed by atoms with van der Waals surface area (Å²) in [7, 11) is -6.08. The summed E-state index contributed by atoms with van der Waals surface area (Å²) in [5, 5.41) is 17.4. The van der Waals surface area contributed by atoms with Gasteiger partial charge in [-0.05, 0) is 17.7 Å². The van der Waals surface area contributed by atoms with E-state index in [1.807, 2.05) is 0 Å². The van der Waals surface area contributed by atoms with Crippen molar-refractivity contribution in [3.8, 4) is 0 Å². The van der Waals surface area contributed by atoms with E-state index < -0.39 is 26.0 Å². The molecule has 0 saturated heterocycles. The van der Waals surface area contributed by atoms with Gasteiger partial charge >= 0.3 is 0 Å². The number of methoxy groups -OCH3 is 1. The third-order valence-electron chi connectivity index (χ3n) is 3.80. The number of nitrogens with zero attached hydrogens (tertiary/aromatic N) is 3. The first kappa shape index (κ1) is 29.0. The van der Waals surface area contributed by atoms with Crippen molar-refractivity contribution in [2.45, 2.75) is 15.8 Å². The molecule has 0 atom stereocenters. The molecule has 0 radical (unpaired) electrons. The molecule has 35 heavy (non-hydrogen) atoms. The molecule has 196 valence electrons. The number of aromatic nitrogens is 3. The zero-order chi connectivity index (χ0) is 25.9. The van der Waals surface area contributed by atoms with Gasteiger partial charge in [0.25, 0.3) is 20.2 Å². The van der Waals surface area contributed by atoms with Crippen molar-refractivity contribution < 1.29 is 39.7 Å². The number of hydroxylamine groups is 1. The Kier molecular flexibility index (Phi) is 11.4. The second-order valence-electron chi connectivity index (χ2n) is 6.38. The molecule has 1 aromatic heterocycles. The Balaban J connectivity index is 2.36. The standard InChI is InChI=1S/C16H25N7O9S3/c1-30-10-17-9-19-32-33-16-22-14(18-5-6-24)21-15(23-16)20-13-7-12(35(28,29)31-2)4-3-11(13)8-34(25,26)27/h3-4,7,17,19,24H,5-6,8-10H2,1-2H3,(H,25,26,27)(H2,18,20,21,22,23). The van der Waals surface area contributed by atoms with Crippen molar-refractivity contribution in [2.24, 2.45) is 0 Å². The summed E-state index contributed by atoms with van der Waals surface area (Å²) < 4.78 is 70.9. The Morgan fingerprint density at radius 1 is 1.09 bits per heavy atom. The van der Waals surface area contributed by atoms with Crippen molar-refractivity contribution in [3.05, 3.63) is 23.8 Å². The summed E-state index contributed by atoms with van der Waals surface area (Å²) in [6, 6.07) is 3.44. The van der Waals surface area contributed by atoms with Gasteiger partial charge in [-0.2, -0.15) is 37.3 Å². The average Bonchev–Trinajstić information content (AvgIpc) is 2.80. The van der Waals surface area contributed by atoms with Gasteiger partial charge in [0.05, 0.1) is 44.1 Å². The molecule has 1 heterocycles. The molecule has 2 rings (SSSR count). The minimum absolute atomic E-state index is 0.0289. The van der Waals surface area contributed by atoms with Crippen LogP contribution in [0.1, 0.15) is 5.56 Å². The molecule has 0 bridgehead atoms. The molecule has 0 aliphatic heterocycles. The summed E-state index contributed by atoms with van der Waals surface area (Å²) >= 11 is 0.728. The zero-order valence-electron chi connectivity index (χ0n) is 18.6. The topological polar surface area (TPSA) is 223 Å². The largest absolute Gasteiger partial charge is 0.395 e. The molecule has 1 aromatic carbocycles. The van der Waals surface area contributed by atoms with E-state index in [2.05, 4.69) is 40.6 Å². The lowest BCUT2D eigenvalue weighted by molar-refractivity contribution is 0.148. The number of anilines is 3. The van der Waals surface area contributed by atoms with Crippen LogP contribution in [-0.4, -0.2) is 82.2 Å². The van der Waals surface area contributed by atoms with Crippen molar-refractivity contribution in [2.75, 3.05) is 51.4 Å². The van der Waals surface area contributed by atoms with E-state index in [4.69, 9.17) is 14.1 Å². The molecule has 19 heteroatoms. The Labute approximate surface area is 206 Å². The summed E-state index contributed by atoms with van der Waals surface area (Å²) in [5.41, 5.74) is 2.58. The summed E-state index contributed by atoms with van der Waals surface area (Å²) in [6.07, 6.45) is 0. The first-order chi connectivity index (χ1) is 16.6. The lowest BCUT2D eigenvalue weighted by Crippen LogP contribution is -2.28. The molecule has 0 amide bonds. The number of ether oxygens (including phenoxy) is 1. The predicted octanol–water partition coefficient (Wildman–Crippen LogP) is -0.578. The molecule has 6 N–H and O–H groups in total. The van der Waals surface area contributed by atoms with E-state index in [1.54, 1.807) is 0 Å². The van der Waals surface area contributed by atoms with Gasteiger partial charge in [0.15, 0.2) is 0 Å². The van der Waals surface area contributed by atoms with Crippen molar-refractivity contribution in [3.63, 3.8) is 0 Å². The molecule has 0 fully saturated rings. The van der Waals surface area contributed by atoms with Crippen LogP contribution in [0.4, 0.5) is 17.6 Å². The average molecular weight is 556 g/mol. The number of aliphatic hydroxyl groups excluding tert-OH is 1. The van der Waals surface area contributed by atoms with Crippen LogP contribution in [0, 0.1) is 0 Å². The van der Waals surface area contributed by atoms with E-state index in [0.717, 1.165) is 31.3 Å². The minimum atomic E-state index is -4.46. The van der Waals surface area contributed by atoms with Crippen LogP contribution < -0.4 is 21.4 Å². The molecule has 0 spiro atoms. The fourth-order valence-electron chi connectivity index (χ4n) is 2.36. The van der Waals surface area contributed by atoms with Crippen molar-refractivity contribution in [1.29, 1.82) is 0 Å². The number of rotatable bonds is 16. The highest BCUT2D eigenvalue weighted by molar-refractivity contribution is 7.94. The second-order valence-corrected chi connectivity index (χ2v) is 10.2. The third kappa shape index (κ3) is 10.1. The number of aliphatic hydroxyl groups is 1. The fourth-order valence-corrected chi connectivity index (χ4v) is 4.14. The molecule has 16 nitrogen and oxygen atoms in total. The monoisotopic (exact) mass is 555 g/mol. The van der Waals surface area contributed by atoms with Crippen LogP contribution in [-0.2, 0) is 39.2 Å². The van der Waals surface area contributed by atoms with E-state index in [1.165, 1.54) is 13.2 Å². The lowest BCUT2D eigenvalue weighted by Gasteiger charge is -2.14. The smallest absolute Gasteiger partial charge is 0.296 e. The Morgan fingerprint density at radius 2 is 1.83 bits per heavy atom. The van der Waals surface area contributed by atoms with Gasteiger partial charge in [0.2, 0.25) is 17.1 Å². The van der Waals surface area contributed by atoms with E-state index >= 15 is 0 Å². The van der Waals surface area contributed by atoms with E-state index in [9.17, 15) is 21.4 Å². The predicted molar refractivity (Wildman–Crippen MR) is 125 cm³/mol. The van der Waals surface area contributed by atoms with Crippen LogP contribution in [0.3, 0.4) is 0 Å². The maximum absolute atomic E-state index is 12.1. The van der Waals surface area contributed by atoms with Gasteiger partial charge in [0, 0.05) is 19.3 Å². The van der Waals surface area contributed by atoms with Gasteiger partial charge < -0.3 is 20.5 Å². The number of hydrogen-bond acceptors (Lipinski definition) is 16. The number of benzene rings is 1. The molecular formula is C16H25N7O9S3. The first-order valence-corrected chi connectivity index (χ1v) is 13.4. The van der Waals surface area contributed by atoms with Crippen molar-refractivity contribution in [1.82, 2.24) is 25.7 Å².